The van der Waals surface area contributed by atoms with Crippen LogP contribution in [0.1, 0.15) is 49.7 Å². The van der Waals surface area contributed by atoms with Crippen molar-refractivity contribution in [2.24, 2.45) is 0 Å². The fourth-order valence-electron chi connectivity index (χ4n) is 2.96. The fourth-order valence-corrected chi connectivity index (χ4v) is 2.96. The number of hydrogen-bond acceptors (Lipinski definition) is 3. The number of aryl methyl sites for hydroxylation is 2. The fraction of sp³-hybridized carbons (Fsp3) is 0.714. The summed E-state index contributed by atoms with van der Waals surface area (Å²) in [6.07, 6.45) is 1.53. The summed E-state index contributed by atoms with van der Waals surface area (Å²) in [6.45, 7) is 10.1. The minimum absolute atomic E-state index is 0.164. The molecule has 0 radical (unpaired) electrons. The molecule has 5 nitrogen and oxygen atoms in total. The summed E-state index contributed by atoms with van der Waals surface area (Å²) in [4.78, 5) is 11.2. The van der Waals surface area contributed by atoms with Gasteiger partial charge in [0.05, 0.1) is 5.69 Å². The number of aromatic nitrogens is 2. The molecule has 5 heteroatoms. The highest BCUT2D eigenvalue weighted by Gasteiger charge is 2.23. The molecule has 1 aliphatic rings. The normalized spacial score (nSPS) is 21.3. The number of amides is 1. The van der Waals surface area contributed by atoms with Crippen LogP contribution >= 0.6 is 0 Å². The molecule has 1 aromatic rings. The van der Waals surface area contributed by atoms with Gasteiger partial charge in [0.2, 0.25) is 5.91 Å². The van der Waals surface area contributed by atoms with E-state index >= 15 is 0 Å². The minimum atomic E-state index is 0.164. The zero-order valence-electron chi connectivity index (χ0n) is 12.3. The lowest BCUT2D eigenvalue weighted by molar-refractivity contribution is -0.122. The van der Waals surface area contributed by atoms with Gasteiger partial charge in [0, 0.05) is 42.9 Å². The van der Waals surface area contributed by atoms with Crippen molar-refractivity contribution in [1.82, 2.24) is 20.4 Å². The van der Waals surface area contributed by atoms with Gasteiger partial charge in [-0.2, -0.15) is 5.10 Å². The molecule has 1 aromatic heterocycles. The van der Waals surface area contributed by atoms with Crippen molar-refractivity contribution >= 4 is 5.91 Å². The first-order chi connectivity index (χ1) is 9.02. The highest BCUT2D eigenvalue weighted by molar-refractivity contribution is 5.76. The molecule has 0 spiro atoms. The average Bonchev–Trinajstić information content (AvgIpc) is 2.67. The number of rotatable bonds is 4. The second kappa shape index (κ2) is 5.74. The van der Waals surface area contributed by atoms with Crippen LogP contribution in [0.2, 0.25) is 0 Å². The summed E-state index contributed by atoms with van der Waals surface area (Å²) in [5.41, 5.74) is 3.62. The number of carbonyl (C=O) groups is 1. The van der Waals surface area contributed by atoms with E-state index in [1.165, 1.54) is 11.3 Å². The number of carbonyl (C=O) groups excluding carboxylic acids is 1. The largest absolute Gasteiger partial charge is 0.355 e. The van der Waals surface area contributed by atoms with Gasteiger partial charge < -0.3 is 10.6 Å². The van der Waals surface area contributed by atoms with Crippen molar-refractivity contribution < 1.29 is 4.79 Å². The average molecular weight is 264 g/mol. The lowest BCUT2D eigenvalue weighted by Gasteiger charge is -2.27. The molecular formula is C14H24N4O. The topological polar surface area (TPSA) is 59.0 Å². The predicted molar refractivity (Wildman–Crippen MR) is 75.0 cm³/mol. The Morgan fingerprint density at radius 2 is 2.26 bits per heavy atom. The van der Waals surface area contributed by atoms with Crippen molar-refractivity contribution in [1.29, 1.82) is 0 Å². The van der Waals surface area contributed by atoms with Crippen molar-refractivity contribution in [2.45, 2.75) is 59.2 Å². The molecule has 1 aliphatic heterocycles. The van der Waals surface area contributed by atoms with Gasteiger partial charge in [0.25, 0.3) is 0 Å². The van der Waals surface area contributed by atoms with Crippen LogP contribution in [0.15, 0.2) is 0 Å². The van der Waals surface area contributed by atoms with Gasteiger partial charge in [-0.25, -0.2) is 0 Å². The maximum absolute atomic E-state index is 11.2. The van der Waals surface area contributed by atoms with Gasteiger partial charge >= 0.3 is 0 Å². The zero-order chi connectivity index (χ0) is 14.0. The summed E-state index contributed by atoms with van der Waals surface area (Å²) in [7, 11) is 0. The van der Waals surface area contributed by atoms with E-state index in [-0.39, 0.29) is 11.9 Å². The van der Waals surface area contributed by atoms with E-state index < -0.39 is 0 Å². The van der Waals surface area contributed by atoms with Crippen LogP contribution in [0.4, 0.5) is 0 Å². The summed E-state index contributed by atoms with van der Waals surface area (Å²) < 4.78 is 2.05. The Balaban J connectivity index is 2.05. The summed E-state index contributed by atoms with van der Waals surface area (Å²) in [6, 6.07) is 0.622. The standard InChI is InChI=1S/C14H24N4O/c1-5-18-11(4)14(10(3)17-18)9(2)16-12-6-7-13(19)15-8-12/h9,12,16H,5-8H2,1-4H3,(H,15,19). The van der Waals surface area contributed by atoms with Crippen LogP contribution in [0.25, 0.3) is 0 Å². The Morgan fingerprint density at radius 3 is 2.79 bits per heavy atom. The maximum atomic E-state index is 11.2. The molecular weight excluding hydrogens is 240 g/mol. The van der Waals surface area contributed by atoms with E-state index in [1.807, 2.05) is 4.68 Å². The van der Waals surface area contributed by atoms with Crippen LogP contribution in [-0.4, -0.2) is 28.3 Å². The lowest BCUT2D eigenvalue weighted by Crippen LogP contribution is -2.46. The van der Waals surface area contributed by atoms with Crippen LogP contribution in [0, 0.1) is 13.8 Å². The van der Waals surface area contributed by atoms with Crippen molar-refractivity contribution in [2.75, 3.05) is 6.54 Å². The monoisotopic (exact) mass is 264 g/mol. The summed E-state index contributed by atoms with van der Waals surface area (Å²) >= 11 is 0. The Hall–Kier alpha value is -1.36. The molecule has 2 atom stereocenters. The smallest absolute Gasteiger partial charge is 0.220 e. The Labute approximate surface area is 114 Å². The van der Waals surface area contributed by atoms with Gasteiger partial charge in [0.15, 0.2) is 0 Å². The Bertz CT molecular complexity index is 456. The van der Waals surface area contributed by atoms with Gasteiger partial charge in [-0.15, -0.1) is 0 Å². The third-order valence-electron chi connectivity index (χ3n) is 3.92. The molecule has 106 valence electrons. The number of piperidine rings is 1. The second-order valence-electron chi connectivity index (χ2n) is 5.33. The van der Waals surface area contributed by atoms with E-state index in [2.05, 4.69) is 43.4 Å². The first-order valence-corrected chi connectivity index (χ1v) is 7.09. The van der Waals surface area contributed by atoms with E-state index in [0.717, 1.165) is 25.2 Å². The SMILES string of the molecule is CCn1nc(C)c(C(C)NC2CCC(=O)NC2)c1C. The van der Waals surface area contributed by atoms with Crippen LogP contribution in [-0.2, 0) is 11.3 Å². The number of nitrogens with one attached hydrogen (secondary N) is 2. The Kier molecular flexibility index (Phi) is 4.24. The quantitative estimate of drug-likeness (QED) is 0.865. The molecule has 0 saturated carbocycles. The molecule has 2 unspecified atom stereocenters. The zero-order valence-corrected chi connectivity index (χ0v) is 12.3. The van der Waals surface area contributed by atoms with E-state index in [4.69, 9.17) is 0 Å². The Morgan fingerprint density at radius 1 is 1.53 bits per heavy atom. The summed E-state index contributed by atoms with van der Waals surface area (Å²) in [5, 5.41) is 11.1. The van der Waals surface area contributed by atoms with Gasteiger partial charge in [-0.1, -0.05) is 0 Å². The van der Waals surface area contributed by atoms with Crippen LogP contribution in [0.3, 0.4) is 0 Å². The van der Waals surface area contributed by atoms with Gasteiger partial charge in [-0.05, 0) is 34.1 Å². The molecule has 2 rings (SSSR count). The number of nitrogens with zero attached hydrogens (tertiary/aromatic N) is 2. The van der Waals surface area contributed by atoms with Gasteiger partial charge in [-0.3, -0.25) is 9.48 Å². The van der Waals surface area contributed by atoms with Crippen LogP contribution in [0.5, 0.6) is 0 Å². The molecule has 1 saturated heterocycles. The molecule has 2 N–H and O–H groups in total. The van der Waals surface area contributed by atoms with Crippen molar-refractivity contribution in [3.63, 3.8) is 0 Å². The predicted octanol–water partition coefficient (Wildman–Crippen LogP) is 1.45. The van der Waals surface area contributed by atoms with Gasteiger partial charge in [0.1, 0.15) is 0 Å². The van der Waals surface area contributed by atoms with Crippen LogP contribution < -0.4 is 10.6 Å². The molecule has 1 fully saturated rings. The third kappa shape index (κ3) is 2.97. The third-order valence-corrected chi connectivity index (χ3v) is 3.92. The lowest BCUT2D eigenvalue weighted by atomic mass is 10.0. The van der Waals surface area contributed by atoms with Crippen molar-refractivity contribution in [3.8, 4) is 0 Å². The molecule has 0 aliphatic carbocycles. The maximum Gasteiger partial charge on any atom is 0.220 e. The molecule has 2 heterocycles. The van der Waals surface area contributed by atoms with E-state index in [0.29, 0.717) is 12.5 Å². The minimum Gasteiger partial charge on any atom is -0.355 e. The molecule has 1 amide bonds. The number of hydrogen-bond donors (Lipinski definition) is 2. The molecule has 19 heavy (non-hydrogen) atoms. The molecule has 0 bridgehead atoms. The molecule has 0 aromatic carbocycles. The second-order valence-corrected chi connectivity index (χ2v) is 5.33. The van der Waals surface area contributed by atoms with E-state index in [9.17, 15) is 4.79 Å². The van der Waals surface area contributed by atoms with Crippen molar-refractivity contribution in [3.05, 3.63) is 17.0 Å². The first kappa shape index (κ1) is 14.1. The highest BCUT2D eigenvalue weighted by atomic mass is 16.1. The highest BCUT2D eigenvalue weighted by Crippen LogP contribution is 2.22. The summed E-state index contributed by atoms with van der Waals surface area (Å²) in [5.74, 6) is 0.164. The first-order valence-electron chi connectivity index (χ1n) is 7.09. The van der Waals surface area contributed by atoms with E-state index in [1.54, 1.807) is 0 Å².